The van der Waals surface area contributed by atoms with Crippen LogP contribution in [0.1, 0.15) is 19.8 Å². The molecule has 1 unspecified atom stereocenters. The molecule has 0 heterocycles. The molecule has 0 aromatic carbocycles. The van der Waals surface area contributed by atoms with Crippen molar-refractivity contribution in [2.45, 2.75) is 24.6 Å². The fourth-order valence-corrected chi connectivity index (χ4v) is 1.26. The maximum atomic E-state index is 3.54. The first-order valence-corrected chi connectivity index (χ1v) is 3.53. The van der Waals surface area contributed by atoms with Gasteiger partial charge in [0.05, 0.1) is 0 Å². The zero-order valence-electron chi connectivity index (χ0n) is 4.45. The zero-order chi connectivity index (χ0) is 5.28. The van der Waals surface area contributed by atoms with Gasteiger partial charge in [-0.15, -0.1) is 0 Å². The summed E-state index contributed by atoms with van der Waals surface area (Å²) < 4.78 is 0. The van der Waals surface area contributed by atoms with E-state index < -0.39 is 0 Å². The standard InChI is InChI=1S/C6H9Br/c1-5-3-2-4-6(5)7/h3,6H,2,4H2,1H3. The van der Waals surface area contributed by atoms with E-state index in [-0.39, 0.29) is 0 Å². The van der Waals surface area contributed by atoms with E-state index in [1.54, 1.807) is 0 Å². The van der Waals surface area contributed by atoms with Crippen LogP contribution in [0.3, 0.4) is 0 Å². The average molecular weight is 161 g/mol. The second-order valence-corrected chi connectivity index (χ2v) is 3.10. The minimum absolute atomic E-state index is 0.687. The van der Waals surface area contributed by atoms with Gasteiger partial charge in [-0.05, 0) is 19.8 Å². The SMILES string of the molecule is CC1=CCCC1Br. The molecule has 0 amide bonds. The van der Waals surface area contributed by atoms with E-state index in [0.717, 1.165) is 0 Å². The summed E-state index contributed by atoms with van der Waals surface area (Å²) in [6.07, 6.45) is 4.85. The molecule has 1 aliphatic rings. The monoisotopic (exact) mass is 160 g/mol. The third-order valence-corrected chi connectivity index (χ3v) is 2.56. The highest BCUT2D eigenvalue weighted by Gasteiger charge is 2.09. The number of allylic oxidation sites excluding steroid dienone is 2. The predicted molar refractivity (Wildman–Crippen MR) is 35.7 cm³/mol. The normalized spacial score (nSPS) is 30.6. The van der Waals surface area contributed by atoms with Crippen LogP contribution in [0.25, 0.3) is 0 Å². The molecule has 40 valence electrons. The van der Waals surface area contributed by atoms with Gasteiger partial charge in [0.1, 0.15) is 0 Å². The lowest BCUT2D eigenvalue weighted by Gasteiger charge is -1.96. The van der Waals surface area contributed by atoms with Crippen LogP contribution in [0.2, 0.25) is 0 Å². The molecule has 0 fully saturated rings. The molecule has 0 bridgehead atoms. The fourth-order valence-electron chi connectivity index (χ4n) is 0.813. The van der Waals surface area contributed by atoms with Crippen LogP contribution in [0.15, 0.2) is 11.6 Å². The van der Waals surface area contributed by atoms with E-state index in [1.807, 2.05) is 0 Å². The highest BCUT2D eigenvalue weighted by atomic mass is 79.9. The van der Waals surface area contributed by atoms with Gasteiger partial charge in [-0.25, -0.2) is 0 Å². The molecule has 1 rings (SSSR count). The molecule has 0 nitrogen and oxygen atoms in total. The highest BCUT2D eigenvalue weighted by molar-refractivity contribution is 9.09. The van der Waals surface area contributed by atoms with Crippen molar-refractivity contribution in [3.05, 3.63) is 11.6 Å². The summed E-state index contributed by atoms with van der Waals surface area (Å²) in [6.45, 7) is 2.17. The molecule has 7 heavy (non-hydrogen) atoms. The Morgan fingerprint density at radius 2 is 2.57 bits per heavy atom. The van der Waals surface area contributed by atoms with Crippen LogP contribution < -0.4 is 0 Å². The average Bonchev–Trinajstić information content (AvgIpc) is 1.91. The van der Waals surface area contributed by atoms with Gasteiger partial charge in [-0.1, -0.05) is 27.6 Å². The molecule has 0 aromatic rings. The minimum Gasteiger partial charge on any atom is -0.0844 e. The fraction of sp³-hybridized carbons (Fsp3) is 0.667. The summed E-state index contributed by atoms with van der Waals surface area (Å²) in [5, 5.41) is 0. The molecular weight excluding hydrogens is 152 g/mol. The van der Waals surface area contributed by atoms with E-state index in [0.29, 0.717) is 4.83 Å². The van der Waals surface area contributed by atoms with Gasteiger partial charge in [0.25, 0.3) is 0 Å². The van der Waals surface area contributed by atoms with Gasteiger partial charge < -0.3 is 0 Å². The number of halogens is 1. The van der Waals surface area contributed by atoms with E-state index in [9.17, 15) is 0 Å². The Morgan fingerprint density at radius 1 is 1.86 bits per heavy atom. The van der Waals surface area contributed by atoms with Crippen LogP contribution in [0, 0.1) is 0 Å². The molecule has 0 saturated heterocycles. The van der Waals surface area contributed by atoms with Gasteiger partial charge in [-0.3, -0.25) is 0 Å². The van der Waals surface area contributed by atoms with Crippen molar-refractivity contribution in [2.75, 3.05) is 0 Å². The first kappa shape index (κ1) is 5.36. The van der Waals surface area contributed by atoms with Crippen LogP contribution >= 0.6 is 15.9 Å². The molecule has 0 aliphatic heterocycles. The lowest BCUT2D eigenvalue weighted by Crippen LogP contribution is -1.88. The Labute approximate surface area is 52.7 Å². The first-order valence-electron chi connectivity index (χ1n) is 2.61. The zero-order valence-corrected chi connectivity index (χ0v) is 6.03. The predicted octanol–water partition coefficient (Wildman–Crippen LogP) is 2.49. The third kappa shape index (κ3) is 1.06. The molecule has 0 radical (unpaired) electrons. The van der Waals surface area contributed by atoms with E-state index in [4.69, 9.17) is 0 Å². The molecule has 1 heteroatoms. The second-order valence-electron chi connectivity index (χ2n) is 1.99. The molecule has 0 aromatic heterocycles. The number of alkyl halides is 1. The largest absolute Gasteiger partial charge is 0.0844 e. The summed E-state index contributed by atoms with van der Waals surface area (Å²) in [5.74, 6) is 0. The number of rotatable bonds is 0. The summed E-state index contributed by atoms with van der Waals surface area (Å²) in [4.78, 5) is 0.687. The Balaban J connectivity index is 2.54. The maximum Gasteiger partial charge on any atom is 0.0354 e. The summed E-state index contributed by atoms with van der Waals surface area (Å²) >= 11 is 3.54. The summed E-state index contributed by atoms with van der Waals surface area (Å²) in [7, 11) is 0. The van der Waals surface area contributed by atoms with E-state index in [2.05, 4.69) is 28.9 Å². The number of hydrogen-bond donors (Lipinski definition) is 0. The lowest BCUT2D eigenvalue weighted by molar-refractivity contribution is 0.935. The van der Waals surface area contributed by atoms with E-state index >= 15 is 0 Å². The first-order chi connectivity index (χ1) is 3.30. The van der Waals surface area contributed by atoms with Gasteiger partial charge in [0, 0.05) is 4.83 Å². The van der Waals surface area contributed by atoms with Crippen LogP contribution in [-0.4, -0.2) is 4.83 Å². The van der Waals surface area contributed by atoms with Crippen molar-refractivity contribution in [1.29, 1.82) is 0 Å². The lowest BCUT2D eigenvalue weighted by atomic mass is 10.3. The quantitative estimate of drug-likeness (QED) is 0.378. The van der Waals surface area contributed by atoms with Crippen molar-refractivity contribution in [3.63, 3.8) is 0 Å². The van der Waals surface area contributed by atoms with Crippen LogP contribution in [0.4, 0.5) is 0 Å². The molecule has 1 atom stereocenters. The van der Waals surface area contributed by atoms with Gasteiger partial charge in [-0.2, -0.15) is 0 Å². The Morgan fingerprint density at radius 3 is 2.71 bits per heavy atom. The van der Waals surface area contributed by atoms with Crippen molar-refractivity contribution >= 4 is 15.9 Å². The summed E-state index contributed by atoms with van der Waals surface area (Å²) in [5.41, 5.74) is 1.50. The molecule has 0 N–H and O–H groups in total. The molecule has 0 spiro atoms. The van der Waals surface area contributed by atoms with Crippen molar-refractivity contribution in [3.8, 4) is 0 Å². The highest BCUT2D eigenvalue weighted by Crippen LogP contribution is 2.24. The third-order valence-electron chi connectivity index (χ3n) is 1.38. The van der Waals surface area contributed by atoms with Gasteiger partial charge in [0.2, 0.25) is 0 Å². The second kappa shape index (κ2) is 1.99. The van der Waals surface area contributed by atoms with Crippen LogP contribution in [0.5, 0.6) is 0 Å². The van der Waals surface area contributed by atoms with Crippen molar-refractivity contribution in [1.82, 2.24) is 0 Å². The Kier molecular flexibility index (Phi) is 1.53. The van der Waals surface area contributed by atoms with Gasteiger partial charge in [0.15, 0.2) is 0 Å². The summed E-state index contributed by atoms with van der Waals surface area (Å²) in [6, 6.07) is 0. The minimum atomic E-state index is 0.687. The molecule has 1 aliphatic carbocycles. The molecule has 0 saturated carbocycles. The number of hydrogen-bond acceptors (Lipinski definition) is 0. The van der Waals surface area contributed by atoms with Crippen LogP contribution in [-0.2, 0) is 0 Å². The van der Waals surface area contributed by atoms with E-state index in [1.165, 1.54) is 18.4 Å². The van der Waals surface area contributed by atoms with Crippen molar-refractivity contribution < 1.29 is 0 Å². The Bertz CT molecular complexity index is 94.4. The van der Waals surface area contributed by atoms with Crippen molar-refractivity contribution in [2.24, 2.45) is 0 Å². The van der Waals surface area contributed by atoms with Gasteiger partial charge >= 0.3 is 0 Å². The molecular formula is C6H9Br. The smallest absolute Gasteiger partial charge is 0.0354 e. The topological polar surface area (TPSA) is 0 Å². The maximum absolute atomic E-state index is 3.54. The Hall–Kier alpha value is 0.220.